The maximum atomic E-state index is 11.8. The molecule has 10 rings (SSSR count). The van der Waals surface area contributed by atoms with Crippen molar-refractivity contribution in [1.82, 2.24) is 43.1 Å². The van der Waals surface area contributed by atoms with Gasteiger partial charge in [-0.25, -0.2) is 0 Å². The molecule has 6 unspecified atom stereocenters. The molecule has 0 aromatic carbocycles. The summed E-state index contributed by atoms with van der Waals surface area (Å²) in [5.74, 6) is 0. The second-order valence-electron chi connectivity index (χ2n) is 19.5. The van der Waals surface area contributed by atoms with E-state index in [1.807, 2.05) is 36.0 Å². The Morgan fingerprint density at radius 2 is 0.900 bits per heavy atom. The van der Waals surface area contributed by atoms with Gasteiger partial charge in [0.1, 0.15) is 0 Å². The Hall–Kier alpha value is -3.39. The van der Waals surface area contributed by atoms with E-state index >= 15 is 0 Å². The maximum Gasteiger partial charge on any atom is 0.250 e. The molecule has 3 aromatic heterocycles. The third-order valence-corrected chi connectivity index (χ3v) is 14.5. The second kappa shape index (κ2) is 19.3. The second-order valence-corrected chi connectivity index (χ2v) is 19.5. The zero-order valence-corrected chi connectivity index (χ0v) is 38.2. The van der Waals surface area contributed by atoms with Gasteiger partial charge in [0.15, 0.2) is 0 Å². The fourth-order valence-corrected chi connectivity index (χ4v) is 10.5. The van der Waals surface area contributed by atoms with Crippen molar-refractivity contribution in [3.05, 3.63) is 103 Å². The van der Waals surface area contributed by atoms with E-state index in [0.29, 0.717) is 54.4 Å². The summed E-state index contributed by atoms with van der Waals surface area (Å²) < 4.78 is 5.28. The van der Waals surface area contributed by atoms with Crippen molar-refractivity contribution in [2.45, 2.75) is 168 Å². The Bertz CT molecular complexity index is 2040. The lowest BCUT2D eigenvalue weighted by atomic mass is 9.86. The average molecular weight is 826 g/mol. The summed E-state index contributed by atoms with van der Waals surface area (Å²) in [5, 5.41) is 0. The van der Waals surface area contributed by atoms with Crippen molar-refractivity contribution in [2.24, 2.45) is 7.05 Å². The van der Waals surface area contributed by atoms with Crippen LogP contribution in [-0.2, 0) is 39.8 Å². The van der Waals surface area contributed by atoms with Gasteiger partial charge in [-0.1, -0.05) is 19.1 Å². The molecule has 6 bridgehead atoms. The Balaban J connectivity index is 0.000000136. The molecule has 0 saturated carbocycles. The molecule has 60 heavy (non-hydrogen) atoms. The lowest BCUT2D eigenvalue weighted by Crippen LogP contribution is -2.68. The van der Waals surface area contributed by atoms with Crippen molar-refractivity contribution in [3.63, 3.8) is 0 Å². The molecule has 7 saturated heterocycles. The summed E-state index contributed by atoms with van der Waals surface area (Å²) in [6, 6.07) is 17.4. The van der Waals surface area contributed by atoms with Crippen LogP contribution in [-0.4, -0.2) is 137 Å². The van der Waals surface area contributed by atoms with Crippen LogP contribution in [0.1, 0.15) is 97.8 Å². The van der Waals surface area contributed by atoms with Crippen LogP contribution >= 0.6 is 0 Å². The van der Waals surface area contributed by atoms with Crippen LogP contribution in [0.15, 0.2) is 69.4 Å². The Labute approximate surface area is 359 Å². The summed E-state index contributed by atoms with van der Waals surface area (Å²) in [6.07, 6.45) is 11.0. The molecule has 0 amide bonds. The van der Waals surface area contributed by atoms with Gasteiger partial charge in [-0.3, -0.25) is 43.8 Å². The fourth-order valence-electron chi connectivity index (χ4n) is 10.5. The number of aryl methyl sites for hydroxylation is 3. The van der Waals surface area contributed by atoms with Crippen molar-refractivity contribution >= 4 is 0 Å². The molecule has 12 heteroatoms. The SMILES string of the molecule is CC(C)N1CC2CC(C1)N2Cc1ccn(C)c(=O)c1.CCCn1cc(CN2C3CC2CN(C(C)C)C3)ccc1=O.CCn1cc(CN2C3CC2CN(C(C)C)C3)ccc1=O. The molecule has 12 nitrogen and oxygen atoms in total. The predicted molar refractivity (Wildman–Crippen MR) is 242 cm³/mol. The molecule has 0 spiro atoms. The standard InChI is InChI=1S/C17H27N3O.C16H25N3O.C15H23N3O/c1-4-7-18-9-14(5-6-17(18)21)10-20-15-8-16(20)12-19(11-15)13(2)3;1-4-17-8-13(5-6-16(17)20)9-19-14-7-15(19)11-18(10-14)12(2)3;1-11(2)17-9-13-7-14(10-17)18(13)8-12-4-5-16(3)15(19)6-12/h5-6,9,13,15-16H,4,7-8,10-12H2,1-3H3;5-6,8,12,14-15H,4,7,9-11H2,1-3H3;4-6,11,13-14H,7-10H2,1-3H3. The molecule has 0 N–H and O–H groups in total. The number of pyridine rings is 3. The van der Waals surface area contributed by atoms with E-state index in [-0.39, 0.29) is 16.7 Å². The minimum absolute atomic E-state index is 0.0898. The minimum Gasteiger partial charge on any atom is -0.319 e. The molecule has 0 aliphatic carbocycles. The number of piperidine rings is 3. The molecule has 10 heterocycles. The third kappa shape index (κ3) is 10.1. The van der Waals surface area contributed by atoms with Crippen LogP contribution in [0.5, 0.6) is 0 Å². The Morgan fingerprint density at radius 3 is 1.27 bits per heavy atom. The first-order chi connectivity index (χ1) is 28.7. The van der Waals surface area contributed by atoms with Crippen LogP contribution < -0.4 is 16.7 Å². The largest absolute Gasteiger partial charge is 0.319 e. The lowest BCUT2D eigenvalue weighted by Gasteiger charge is -2.57. The van der Waals surface area contributed by atoms with E-state index in [2.05, 4.69) is 90.1 Å². The van der Waals surface area contributed by atoms with Crippen molar-refractivity contribution in [1.29, 1.82) is 0 Å². The molecule has 7 aliphatic heterocycles. The van der Waals surface area contributed by atoms with Gasteiger partial charge in [-0.05, 0) is 96.9 Å². The van der Waals surface area contributed by atoms with Crippen LogP contribution in [0, 0.1) is 0 Å². The topological polar surface area (TPSA) is 85.4 Å². The number of nitrogens with zero attached hydrogens (tertiary/aromatic N) is 9. The molecular weight excluding hydrogens is 751 g/mol. The zero-order chi connectivity index (χ0) is 42.8. The van der Waals surface area contributed by atoms with Crippen LogP contribution in [0.25, 0.3) is 0 Å². The quantitative estimate of drug-likeness (QED) is 0.262. The van der Waals surface area contributed by atoms with Crippen molar-refractivity contribution in [3.8, 4) is 0 Å². The minimum atomic E-state index is 0.0898. The Morgan fingerprint density at radius 1 is 0.517 bits per heavy atom. The van der Waals surface area contributed by atoms with Gasteiger partial charge >= 0.3 is 0 Å². The maximum absolute atomic E-state index is 11.8. The van der Waals surface area contributed by atoms with E-state index in [0.717, 1.165) is 44.7 Å². The fraction of sp³-hybridized carbons (Fsp3) is 0.688. The van der Waals surface area contributed by atoms with Gasteiger partial charge in [0.2, 0.25) is 0 Å². The molecule has 6 atom stereocenters. The van der Waals surface area contributed by atoms with E-state index in [1.165, 1.54) is 69.7 Å². The summed E-state index contributed by atoms with van der Waals surface area (Å²) in [7, 11) is 1.80. The first-order valence-electron chi connectivity index (χ1n) is 23.2. The molecule has 0 radical (unpaired) electrons. The summed E-state index contributed by atoms with van der Waals surface area (Å²) in [6.45, 7) is 29.4. The first kappa shape index (κ1) is 44.7. The molecule has 7 aliphatic rings. The highest BCUT2D eigenvalue weighted by Crippen LogP contribution is 2.36. The number of fused-ring (bicyclic) bond motifs is 6. The van der Waals surface area contributed by atoms with Crippen LogP contribution in [0.4, 0.5) is 0 Å². The summed E-state index contributed by atoms with van der Waals surface area (Å²) in [4.78, 5) is 50.6. The highest BCUT2D eigenvalue weighted by Gasteiger charge is 2.46. The van der Waals surface area contributed by atoms with Crippen molar-refractivity contribution < 1.29 is 0 Å². The van der Waals surface area contributed by atoms with Gasteiger partial charge < -0.3 is 13.7 Å². The number of likely N-dealkylation sites (tertiary alicyclic amines) is 4. The number of piperazine rings is 3. The van der Waals surface area contributed by atoms with E-state index in [9.17, 15) is 14.4 Å². The number of rotatable bonds is 12. The highest BCUT2D eigenvalue weighted by molar-refractivity contribution is 5.16. The van der Waals surface area contributed by atoms with E-state index in [1.54, 1.807) is 34.4 Å². The third-order valence-electron chi connectivity index (χ3n) is 14.5. The monoisotopic (exact) mass is 826 g/mol. The summed E-state index contributed by atoms with van der Waals surface area (Å²) >= 11 is 0. The van der Waals surface area contributed by atoms with E-state index in [4.69, 9.17) is 0 Å². The number of hydrogen-bond donors (Lipinski definition) is 0. The first-order valence-corrected chi connectivity index (χ1v) is 23.2. The molecule has 3 aromatic rings. The number of aromatic nitrogens is 3. The Kier molecular flexibility index (Phi) is 14.4. The highest BCUT2D eigenvalue weighted by atomic mass is 16.1. The predicted octanol–water partition coefficient (Wildman–Crippen LogP) is 4.51. The number of hydrogen-bond acceptors (Lipinski definition) is 9. The van der Waals surface area contributed by atoms with Gasteiger partial charge in [0, 0.05) is 170 Å². The van der Waals surface area contributed by atoms with Crippen molar-refractivity contribution in [2.75, 3.05) is 39.3 Å². The van der Waals surface area contributed by atoms with Gasteiger partial charge in [0.25, 0.3) is 16.7 Å². The lowest BCUT2D eigenvalue weighted by molar-refractivity contribution is -0.0835. The van der Waals surface area contributed by atoms with Gasteiger partial charge in [0.05, 0.1) is 0 Å². The van der Waals surface area contributed by atoms with Gasteiger partial charge in [-0.15, -0.1) is 0 Å². The van der Waals surface area contributed by atoms with Crippen LogP contribution in [0.2, 0.25) is 0 Å². The molecule has 330 valence electrons. The van der Waals surface area contributed by atoms with E-state index < -0.39 is 0 Å². The molecular formula is C48H75N9O3. The summed E-state index contributed by atoms with van der Waals surface area (Å²) in [5.41, 5.74) is 4.00. The average Bonchev–Trinajstić information content (AvgIpc) is 3.24. The smallest absolute Gasteiger partial charge is 0.250 e. The van der Waals surface area contributed by atoms with Gasteiger partial charge in [-0.2, -0.15) is 0 Å². The zero-order valence-electron chi connectivity index (χ0n) is 38.2. The van der Waals surface area contributed by atoms with Crippen LogP contribution in [0.3, 0.4) is 0 Å². The molecule has 7 fully saturated rings. The normalized spacial score (nSPS) is 26.8.